The third-order valence-electron chi connectivity index (χ3n) is 1.36. The molecular formula is C8H9FN2O2. The summed E-state index contributed by atoms with van der Waals surface area (Å²) in [5.41, 5.74) is 0.134. The van der Waals surface area contributed by atoms with Crippen molar-refractivity contribution in [1.82, 2.24) is 10.3 Å². The van der Waals surface area contributed by atoms with Gasteiger partial charge in [-0.05, 0) is 12.1 Å². The number of nitrogens with one attached hydrogen (secondary N) is 1. The van der Waals surface area contributed by atoms with Gasteiger partial charge in [-0.15, -0.1) is 0 Å². The van der Waals surface area contributed by atoms with Crippen molar-refractivity contribution in [2.24, 2.45) is 0 Å². The van der Waals surface area contributed by atoms with Crippen molar-refractivity contribution in [2.75, 3.05) is 13.2 Å². The molecule has 0 unspecified atom stereocenters. The number of nitrogens with zero attached hydrogens (tertiary/aromatic N) is 1. The van der Waals surface area contributed by atoms with Crippen molar-refractivity contribution < 1.29 is 14.3 Å². The van der Waals surface area contributed by atoms with Crippen LogP contribution in [0.2, 0.25) is 0 Å². The van der Waals surface area contributed by atoms with Gasteiger partial charge in [-0.2, -0.15) is 0 Å². The smallest absolute Gasteiger partial charge is 0.269 e. The number of carbonyl (C=O) groups is 1. The van der Waals surface area contributed by atoms with Gasteiger partial charge in [-0.25, -0.2) is 9.37 Å². The Morgan fingerprint density at radius 2 is 2.38 bits per heavy atom. The van der Waals surface area contributed by atoms with Gasteiger partial charge in [0.2, 0.25) is 0 Å². The summed E-state index contributed by atoms with van der Waals surface area (Å²) in [6, 6.07) is 2.43. The van der Waals surface area contributed by atoms with Gasteiger partial charge in [0.1, 0.15) is 11.5 Å². The minimum absolute atomic E-state index is 0.132. The molecule has 0 saturated heterocycles. The zero-order valence-corrected chi connectivity index (χ0v) is 6.83. The summed E-state index contributed by atoms with van der Waals surface area (Å²) >= 11 is 0. The summed E-state index contributed by atoms with van der Waals surface area (Å²) in [7, 11) is 0. The van der Waals surface area contributed by atoms with Crippen LogP contribution in [0.1, 0.15) is 10.5 Å². The third kappa shape index (κ3) is 2.79. The number of hydrogen-bond donors (Lipinski definition) is 2. The Morgan fingerprint density at radius 1 is 1.62 bits per heavy atom. The van der Waals surface area contributed by atoms with Crippen LogP contribution in [0.4, 0.5) is 4.39 Å². The molecule has 0 aliphatic heterocycles. The molecule has 0 aromatic carbocycles. The first kappa shape index (κ1) is 9.60. The first-order valence-corrected chi connectivity index (χ1v) is 3.74. The number of amides is 1. The number of hydrogen-bond acceptors (Lipinski definition) is 3. The maximum Gasteiger partial charge on any atom is 0.269 e. The highest BCUT2D eigenvalue weighted by molar-refractivity contribution is 5.92. The third-order valence-corrected chi connectivity index (χ3v) is 1.36. The fraction of sp³-hybridized carbons (Fsp3) is 0.250. The average molecular weight is 184 g/mol. The van der Waals surface area contributed by atoms with E-state index in [1.54, 1.807) is 0 Å². The predicted molar refractivity (Wildman–Crippen MR) is 43.6 cm³/mol. The molecule has 5 heteroatoms. The predicted octanol–water partition coefficient (Wildman–Crippen LogP) is -0.0572. The maximum atomic E-state index is 12.4. The molecule has 2 N–H and O–H groups in total. The standard InChI is InChI=1S/C8H9FN2O2/c9-6-1-2-7(11-5-6)8(13)10-3-4-12/h1-2,5,12H,3-4H2,(H,10,13). The minimum Gasteiger partial charge on any atom is -0.395 e. The Hall–Kier alpha value is -1.49. The van der Waals surface area contributed by atoms with Crippen LogP contribution in [0, 0.1) is 5.82 Å². The van der Waals surface area contributed by atoms with Gasteiger partial charge < -0.3 is 10.4 Å². The fourth-order valence-electron chi connectivity index (χ4n) is 0.770. The number of halogens is 1. The zero-order chi connectivity index (χ0) is 9.68. The molecule has 0 radical (unpaired) electrons. The van der Waals surface area contributed by atoms with E-state index >= 15 is 0 Å². The molecule has 1 aromatic heterocycles. The molecule has 1 amide bonds. The summed E-state index contributed by atoms with van der Waals surface area (Å²) < 4.78 is 12.4. The van der Waals surface area contributed by atoms with Gasteiger partial charge in [-0.3, -0.25) is 4.79 Å². The van der Waals surface area contributed by atoms with E-state index in [2.05, 4.69) is 10.3 Å². The lowest BCUT2D eigenvalue weighted by molar-refractivity contribution is 0.0939. The van der Waals surface area contributed by atoms with Crippen LogP contribution in [-0.2, 0) is 0 Å². The highest BCUT2D eigenvalue weighted by Crippen LogP contribution is 1.97. The van der Waals surface area contributed by atoms with Gasteiger partial charge in [0.05, 0.1) is 12.8 Å². The monoisotopic (exact) mass is 184 g/mol. The van der Waals surface area contributed by atoms with Crippen LogP contribution in [-0.4, -0.2) is 29.1 Å². The molecule has 0 aliphatic rings. The molecule has 0 aliphatic carbocycles. The van der Waals surface area contributed by atoms with Crippen LogP contribution >= 0.6 is 0 Å². The van der Waals surface area contributed by atoms with Gasteiger partial charge in [0, 0.05) is 6.54 Å². The van der Waals surface area contributed by atoms with Crippen molar-refractivity contribution in [3.05, 3.63) is 29.8 Å². The summed E-state index contributed by atoms with van der Waals surface area (Å²) in [6.45, 7) is 0.0326. The van der Waals surface area contributed by atoms with Crippen molar-refractivity contribution in [3.8, 4) is 0 Å². The van der Waals surface area contributed by atoms with Crippen molar-refractivity contribution >= 4 is 5.91 Å². The molecule has 0 fully saturated rings. The minimum atomic E-state index is -0.487. The molecule has 13 heavy (non-hydrogen) atoms. The van der Waals surface area contributed by atoms with Gasteiger partial charge in [-0.1, -0.05) is 0 Å². The quantitative estimate of drug-likeness (QED) is 0.692. The lowest BCUT2D eigenvalue weighted by Gasteiger charge is -2.01. The second-order valence-corrected chi connectivity index (χ2v) is 2.34. The molecule has 70 valence electrons. The van der Waals surface area contributed by atoms with Crippen LogP contribution in [0.25, 0.3) is 0 Å². The number of aliphatic hydroxyl groups is 1. The second-order valence-electron chi connectivity index (χ2n) is 2.34. The topological polar surface area (TPSA) is 62.2 Å². The van der Waals surface area contributed by atoms with Gasteiger partial charge >= 0.3 is 0 Å². The van der Waals surface area contributed by atoms with E-state index in [-0.39, 0.29) is 18.8 Å². The average Bonchev–Trinajstić information content (AvgIpc) is 2.15. The molecule has 0 saturated carbocycles. The van der Waals surface area contributed by atoms with Crippen LogP contribution < -0.4 is 5.32 Å². The highest BCUT2D eigenvalue weighted by atomic mass is 19.1. The van der Waals surface area contributed by atoms with E-state index in [0.717, 1.165) is 12.3 Å². The molecule has 1 rings (SSSR count). The second kappa shape index (κ2) is 4.51. The normalized spacial score (nSPS) is 9.69. The Bertz CT molecular complexity index is 287. The van der Waals surface area contributed by atoms with Gasteiger partial charge in [0.15, 0.2) is 0 Å². The SMILES string of the molecule is O=C(NCCO)c1ccc(F)cn1. The Morgan fingerprint density at radius 3 is 2.92 bits per heavy atom. The highest BCUT2D eigenvalue weighted by Gasteiger charge is 2.04. The number of pyridine rings is 1. The zero-order valence-electron chi connectivity index (χ0n) is 6.83. The van der Waals surface area contributed by atoms with E-state index in [4.69, 9.17) is 5.11 Å². The molecule has 4 nitrogen and oxygen atoms in total. The van der Waals surface area contributed by atoms with E-state index in [1.165, 1.54) is 6.07 Å². The number of carbonyl (C=O) groups excluding carboxylic acids is 1. The van der Waals surface area contributed by atoms with Crippen LogP contribution in [0.15, 0.2) is 18.3 Å². The summed E-state index contributed by atoms with van der Waals surface area (Å²) in [6.07, 6.45) is 0.966. The van der Waals surface area contributed by atoms with Crippen molar-refractivity contribution in [2.45, 2.75) is 0 Å². The number of rotatable bonds is 3. The lowest BCUT2D eigenvalue weighted by Crippen LogP contribution is -2.27. The van der Waals surface area contributed by atoms with Gasteiger partial charge in [0.25, 0.3) is 5.91 Å². The van der Waals surface area contributed by atoms with E-state index in [9.17, 15) is 9.18 Å². The lowest BCUT2D eigenvalue weighted by atomic mass is 10.3. The summed E-state index contributed by atoms with van der Waals surface area (Å²) in [5, 5.41) is 10.8. The molecule has 1 aromatic rings. The van der Waals surface area contributed by atoms with E-state index < -0.39 is 11.7 Å². The van der Waals surface area contributed by atoms with Crippen molar-refractivity contribution in [3.63, 3.8) is 0 Å². The molecular weight excluding hydrogens is 175 g/mol. The fourth-order valence-corrected chi connectivity index (χ4v) is 0.770. The Labute approximate surface area is 74.4 Å². The van der Waals surface area contributed by atoms with Crippen LogP contribution in [0.3, 0.4) is 0 Å². The summed E-state index contributed by atoms with van der Waals surface area (Å²) in [4.78, 5) is 14.7. The molecule has 0 spiro atoms. The van der Waals surface area contributed by atoms with Crippen LogP contribution in [0.5, 0.6) is 0 Å². The molecule has 0 atom stereocenters. The molecule has 0 bridgehead atoms. The number of aliphatic hydroxyl groups excluding tert-OH is 1. The summed E-state index contributed by atoms with van der Waals surface area (Å²) in [5.74, 6) is -0.909. The largest absolute Gasteiger partial charge is 0.395 e. The number of aromatic nitrogens is 1. The first-order chi connectivity index (χ1) is 6.24. The molecule has 1 heterocycles. The Kier molecular flexibility index (Phi) is 3.33. The Balaban J connectivity index is 2.61. The van der Waals surface area contributed by atoms with E-state index in [1.807, 2.05) is 0 Å². The first-order valence-electron chi connectivity index (χ1n) is 3.74. The maximum absolute atomic E-state index is 12.4. The van der Waals surface area contributed by atoms with Crippen molar-refractivity contribution in [1.29, 1.82) is 0 Å². The van der Waals surface area contributed by atoms with E-state index in [0.29, 0.717) is 0 Å².